The molecule has 0 radical (unpaired) electrons. The second-order valence-electron chi connectivity index (χ2n) is 8.31. The van der Waals surface area contributed by atoms with Crippen molar-refractivity contribution in [3.05, 3.63) is 59.9 Å². The second kappa shape index (κ2) is 8.65. The third-order valence-electron chi connectivity index (χ3n) is 6.40. The maximum absolute atomic E-state index is 9.01. The van der Waals surface area contributed by atoms with Crippen molar-refractivity contribution >= 4 is 11.0 Å². The van der Waals surface area contributed by atoms with Crippen molar-refractivity contribution in [3.8, 4) is 17.2 Å². The van der Waals surface area contributed by atoms with E-state index in [0.717, 1.165) is 22.8 Å². The number of nitriles is 1. The number of rotatable bonds is 6. The summed E-state index contributed by atoms with van der Waals surface area (Å²) in [7, 11) is 0. The number of furan rings is 1. The Labute approximate surface area is 168 Å². The minimum absolute atomic E-state index is 0.368. The number of nitrogens with zero attached hydrogens (tertiary/aromatic N) is 1. The van der Waals surface area contributed by atoms with Crippen molar-refractivity contribution in [2.75, 3.05) is 0 Å². The normalized spacial score (nSPS) is 19.6. The summed E-state index contributed by atoms with van der Waals surface area (Å²) in [4.78, 5) is 0. The molecule has 1 fully saturated rings. The quantitative estimate of drug-likeness (QED) is 0.414. The Kier molecular flexibility index (Phi) is 5.81. The molecule has 2 nitrogen and oxygen atoms in total. The molecular formula is C26H29NO. The van der Waals surface area contributed by atoms with Crippen LogP contribution in [-0.2, 0) is 0 Å². The van der Waals surface area contributed by atoms with E-state index in [1.54, 1.807) is 0 Å². The van der Waals surface area contributed by atoms with E-state index in [9.17, 15) is 0 Å². The fraction of sp³-hybridized carbons (Fsp3) is 0.423. The lowest BCUT2D eigenvalue weighted by Gasteiger charge is -2.29. The molecule has 0 saturated heterocycles. The SMILES string of the molecule is CCCCCC1CCC(c2ccc(-c3ccc4oc(C#N)cc4c3)cc2)CC1. The fourth-order valence-corrected chi connectivity index (χ4v) is 4.69. The van der Waals surface area contributed by atoms with Gasteiger partial charge in [-0.3, -0.25) is 0 Å². The second-order valence-corrected chi connectivity index (χ2v) is 8.31. The largest absolute Gasteiger partial charge is 0.446 e. The van der Waals surface area contributed by atoms with Gasteiger partial charge in [0.1, 0.15) is 11.7 Å². The minimum atomic E-state index is 0.368. The molecule has 0 atom stereocenters. The summed E-state index contributed by atoms with van der Waals surface area (Å²) >= 11 is 0. The van der Waals surface area contributed by atoms with Crippen molar-refractivity contribution in [2.24, 2.45) is 5.92 Å². The number of unbranched alkanes of at least 4 members (excludes halogenated alkanes) is 2. The lowest BCUT2D eigenvalue weighted by atomic mass is 9.77. The van der Waals surface area contributed by atoms with E-state index in [1.807, 2.05) is 12.1 Å². The molecule has 1 heterocycles. The van der Waals surface area contributed by atoms with E-state index < -0.39 is 0 Å². The number of hydrogen-bond acceptors (Lipinski definition) is 2. The van der Waals surface area contributed by atoms with Gasteiger partial charge >= 0.3 is 0 Å². The van der Waals surface area contributed by atoms with Crippen molar-refractivity contribution < 1.29 is 4.42 Å². The van der Waals surface area contributed by atoms with Crippen LogP contribution in [0.2, 0.25) is 0 Å². The van der Waals surface area contributed by atoms with E-state index in [4.69, 9.17) is 9.68 Å². The molecule has 0 bridgehead atoms. The van der Waals surface area contributed by atoms with Gasteiger partial charge in [-0.15, -0.1) is 0 Å². The zero-order valence-corrected chi connectivity index (χ0v) is 16.8. The van der Waals surface area contributed by atoms with Crippen molar-refractivity contribution in [2.45, 2.75) is 64.2 Å². The molecule has 28 heavy (non-hydrogen) atoms. The number of hydrogen-bond donors (Lipinski definition) is 0. The summed E-state index contributed by atoms with van der Waals surface area (Å²) in [6, 6.07) is 19.1. The van der Waals surface area contributed by atoms with Crippen LogP contribution < -0.4 is 0 Å². The summed E-state index contributed by atoms with van der Waals surface area (Å²) in [6.45, 7) is 2.29. The summed E-state index contributed by atoms with van der Waals surface area (Å²) in [5.74, 6) is 2.06. The Morgan fingerprint density at radius 2 is 1.68 bits per heavy atom. The molecule has 4 rings (SSSR count). The van der Waals surface area contributed by atoms with E-state index in [0.29, 0.717) is 5.76 Å². The van der Waals surface area contributed by atoms with Crippen LogP contribution >= 0.6 is 0 Å². The molecule has 0 amide bonds. The van der Waals surface area contributed by atoms with Crippen LogP contribution in [0, 0.1) is 17.2 Å². The van der Waals surface area contributed by atoms with E-state index in [2.05, 4.69) is 49.4 Å². The predicted octanol–water partition coefficient (Wildman–Crippen LogP) is 7.83. The van der Waals surface area contributed by atoms with Gasteiger partial charge in [-0.1, -0.05) is 62.9 Å². The topological polar surface area (TPSA) is 36.9 Å². The molecule has 144 valence electrons. The standard InChI is InChI=1S/C26H29NO/c1-2-3-4-5-19-6-8-20(9-7-19)21-10-12-22(13-11-21)23-14-15-26-24(16-23)17-25(18-27)28-26/h10-17,19-20H,2-9H2,1H3. The molecule has 1 aliphatic rings. The molecular weight excluding hydrogens is 342 g/mol. The monoisotopic (exact) mass is 371 g/mol. The molecule has 1 aromatic heterocycles. The van der Waals surface area contributed by atoms with E-state index in [-0.39, 0.29) is 0 Å². The Hall–Kier alpha value is -2.53. The average molecular weight is 372 g/mol. The highest BCUT2D eigenvalue weighted by atomic mass is 16.3. The zero-order valence-electron chi connectivity index (χ0n) is 16.8. The van der Waals surface area contributed by atoms with Crippen LogP contribution in [0.3, 0.4) is 0 Å². The highest BCUT2D eigenvalue weighted by Gasteiger charge is 2.22. The first-order valence-electron chi connectivity index (χ1n) is 10.8. The van der Waals surface area contributed by atoms with Gasteiger partial charge in [-0.25, -0.2) is 0 Å². The summed E-state index contributed by atoms with van der Waals surface area (Å²) in [6.07, 6.45) is 11.0. The van der Waals surface area contributed by atoms with E-state index >= 15 is 0 Å². The van der Waals surface area contributed by atoms with Crippen LogP contribution in [0.25, 0.3) is 22.1 Å². The molecule has 3 aromatic rings. The first kappa shape index (κ1) is 18.8. The highest BCUT2D eigenvalue weighted by molar-refractivity contribution is 5.84. The summed E-state index contributed by atoms with van der Waals surface area (Å²) in [5.41, 5.74) is 4.65. The van der Waals surface area contributed by atoms with Crippen LogP contribution in [0.5, 0.6) is 0 Å². The maximum Gasteiger partial charge on any atom is 0.204 e. The molecule has 0 spiro atoms. The third-order valence-corrected chi connectivity index (χ3v) is 6.40. The third kappa shape index (κ3) is 4.14. The van der Waals surface area contributed by atoms with Gasteiger partial charge in [0.05, 0.1) is 0 Å². The maximum atomic E-state index is 9.01. The Balaban J connectivity index is 1.41. The molecule has 2 heteroatoms. The van der Waals surface area contributed by atoms with Gasteiger partial charge in [-0.2, -0.15) is 5.26 Å². The smallest absolute Gasteiger partial charge is 0.204 e. The van der Waals surface area contributed by atoms with Crippen LogP contribution in [0.4, 0.5) is 0 Å². The van der Waals surface area contributed by atoms with Gasteiger partial charge in [-0.05, 0) is 66.3 Å². The number of benzene rings is 2. The van der Waals surface area contributed by atoms with Gasteiger partial charge in [0.15, 0.2) is 0 Å². The lowest BCUT2D eigenvalue weighted by Crippen LogP contribution is -2.13. The van der Waals surface area contributed by atoms with Crippen LogP contribution in [0.1, 0.15) is 75.5 Å². The summed E-state index contributed by atoms with van der Waals surface area (Å²) in [5, 5.41) is 9.99. The van der Waals surface area contributed by atoms with E-state index in [1.165, 1.54) is 68.1 Å². The average Bonchev–Trinajstić information content (AvgIpc) is 3.17. The number of fused-ring (bicyclic) bond motifs is 1. The van der Waals surface area contributed by atoms with Gasteiger partial charge in [0, 0.05) is 11.5 Å². The molecule has 0 unspecified atom stereocenters. The zero-order chi connectivity index (χ0) is 19.3. The minimum Gasteiger partial charge on any atom is -0.446 e. The van der Waals surface area contributed by atoms with Gasteiger partial charge < -0.3 is 4.42 Å². The summed E-state index contributed by atoms with van der Waals surface area (Å²) < 4.78 is 5.48. The van der Waals surface area contributed by atoms with Crippen molar-refractivity contribution in [1.82, 2.24) is 0 Å². The Morgan fingerprint density at radius 3 is 2.39 bits per heavy atom. The Morgan fingerprint density at radius 1 is 0.929 bits per heavy atom. The van der Waals surface area contributed by atoms with Gasteiger partial charge in [0.2, 0.25) is 5.76 Å². The van der Waals surface area contributed by atoms with Crippen molar-refractivity contribution in [3.63, 3.8) is 0 Å². The van der Waals surface area contributed by atoms with Crippen molar-refractivity contribution in [1.29, 1.82) is 5.26 Å². The van der Waals surface area contributed by atoms with Crippen LogP contribution in [0.15, 0.2) is 52.9 Å². The first-order chi connectivity index (χ1) is 13.8. The first-order valence-corrected chi connectivity index (χ1v) is 10.8. The fourth-order valence-electron chi connectivity index (χ4n) is 4.69. The Bertz CT molecular complexity index is 952. The van der Waals surface area contributed by atoms with Gasteiger partial charge in [0.25, 0.3) is 0 Å². The molecule has 1 saturated carbocycles. The predicted molar refractivity (Wildman–Crippen MR) is 115 cm³/mol. The highest BCUT2D eigenvalue weighted by Crippen LogP contribution is 2.38. The van der Waals surface area contributed by atoms with Crippen LogP contribution in [-0.4, -0.2) is 0 Å². The molecule has 0 aliphatic heterocycles. The lowest BCUT2D eigenvalue weighted by molar-refractivity contribution is 0.303. The molecule has 1 aliphatic carbocycles. The molecule has 0 N–H and O–H groups in total. The molecule has 2 aromatic carbocycles.